The summed E-state index contributed by atoms with van der Waals surface area (Å²) in [6.45, 7) is 0.263. The van der Waals surface area contributed by atoms with Gasteiger partial charge in [-0.2, -0.15) is 5.26 Å². The van der Waals surface area contributed by atoms with Gasteiger partial charge in [0.15, 0.2) is 0 Å². The van der Waals surface area contributed by atoms with Crippen molar-refractivity contribution in [3.05, 3.63) is 74.6 Å². The van der Waals surface area contributed by atoms with E-state index in [0.29, 0.717) is 16.1 Å². The maximum atomic E-state index is 13.2. The smallest absolute Gasteiger partial charge is 0.264 e. The highest BCUT2D eigenvalue weighted by atomic mass is 32.1. The van der Waals surface area contributed by atoms with Gasteiger partial charge < -0.3 is 4.90 Å². The monoisotopic (exact) mass is 421 g/mol. The van der Waals surface area contributed by atoms with Crippen LogP contribution in [-0.4, -0.2) is 28.7 Å². The molecule has 1 aliphatic heterocycles. The quantitative estimate of drug-likeness (QED) is 0.589. The minimum Gasteiger partial charge on any atom is -0.320 e. The summed E-state index contributed by atoms with van der Waals surface area (Å²) in [4.78, 5) is 43.0. The molecule has 0 N–H and O–H groups in total. The molecule has 1 atom stereocenters. The lowest BCUT2D eigenvalue weighted by molar-refractivity contribution is -0.122. The molecular weight excluding hydrogens is 406 g/mol. The van der Waals surface area contributed by atoms with Crippen LogP contribution in [0.4, 0.5) is 5.69 Å². The van der Waals surface area contributed by atoms with Crippen molar-refractivity contribution in [2.24, 2.45) is 0 Å². The Bertz CT molecular complexity index is 1080. The van der Waals surface area contributed by atoms with Crippen LogP contribution in [0.15, 0.2) is 59.3 Å². The number of rotatable bonds is 5. The molecule has 0 aliphatic carbocycles. The standard InChI is InChI=1S/C21H15N3O3S2/c22-12-14-5-7-15(8-6-14)24-19(25)11-17(20(24)26)23(13-16-3-1-9-28-16)21(27)18-4-2-10-29-18/h1-10,17H,11,13H2. The highest BCUT2D eigenvalue weighted by Gasteiger charge is 2.44. The van der Waals surface area contributed by atoms with Gasteiger partial charge in [0.1, 0.15) is 6.04 Å². The molecule has 8 heteroatoms. The van der Waals surface area contributed by atoms with Gasteiger partial charge in [-0.1, -0.05) is 12.1 Å². The Kier molecular flexibility index (Phi) is 5.25. The summed E-state index contributed by atoms with van der Waals surface area (Å²) in [7, 11) is 0. The first-order chi connectivity index (χ1) is 14.1. The number of amides is 3. The number of carbonyl (C=O) groups is 3. The van der Waals surface area contributed by atoms with E-state index in [1.165, 1.54) is 27.6 Å². The molecule has 1 aliphatic rings. The number of nitrogens with zero attached hydrogens (tertiary/aromatic N) is 3. The molecule has 6 nitrogen and oxygen atoms in total. The lowest BCUT2D eigenvalue weighted by Crippen LogP contribution is -2.44. The van der Waals surface area contributed by atoms with Gasteiger partial charge in [-0.3, -0.25) is 14.4 Å². The number of imide groups is 1. The van der Waals surface area contributed by atoms with E-state index >= 15 is 0 Å². The molecule has 1 saturated heterocycles. The van der Waals surface area contributed by atoms with E-state index < -0.39 is 11.9 Å². The van der Waals surface area contributed by atoms with Crippen LogP contribution in [0, 0.1) is 11.3 Å². The molecule has 1 unspecified atom stereocenters. The fourth-order valence-electron chi connectivity index (χ4n) is 3.25. The number of carbonyl (C=O) groups excluding carboxylic acids is 3. The fourth-order valence-corrected chi connectivity index (χ4v) is 4.63. The second-order valence-corrected chi connectivity index (χ2v) is 8.42. The number of thiophene rings is 2. The van der Waals surface area contributed by atoms with Gasteiger partial charge >= 0.3 is 0 Å². The SMILES string of the molecule is N#Cc1ccc(N2C(=O)CC(N(Cc3cccs3)C(=O)c3cccs3)C2=O)cc1. The zero-order valence-electron chi connectivity index (χ0n) is 15.1. The summed E-state index contributed by atoms with van der Waals surface area (Å²) >= 11 is 2.80. The maximum Gasteiger partial charge on any atom is 0.264 e. The summed E-state index contributed by atoms with van der Waals surface area (Å²) in [6.07, 6.45) is -0.0681. The minimum absolute atomic E-state index is 0.0681. The first-order valence-corrected chi connectivity index (χ1v) is 10.6. The van der Waals surface area contributed by atoms with Crippen molar-refractivity contribution in [2.45, 2.75) is 19.0 Å². The lowest BCUT2D eigenvalue weighted by atomic mass is 10.2. The largest absolute Gasteiger partial charge is 0.320 e. The second kappa shape index (κ2) is 7.99. The molecule has 3 heterocycles. The van der Waals surface area contributed by atoms with Crippen molar-refractivity contribution < 1.29 is 14.4 Å². The third-order valence-electron chi connectivity index (χ3n) is 4.65. The van der Waals surface area contributed by atoms with E-state index in [2.05, 4.69) is 0 Å². The van der Waals surface area contributed by atoms with E-state index in [1.54, 1.807) is 41.8 Å². The highest BCUT2D eigenvalue weighted by Crippen LogP contribution is 2.29. The van der Waals surface area contributed by atoms with Crippen molar-refractivity contribution in [3.8, 4) is 6.07 Å². The van der Waals surface area contributed by atoms with Gasteiger partial charge in [-0.25, -0.2) is 4.90 Å². The second-order valence-electron chi connectivity index (χ2n) is 6.44. The highest BCUT2D eigenvalue weighted by molar-refractivity contribution is 7.12. The summed E-state index contributed by atoms with van der Waals surface area (Å²) in [5.74, 6) is -1.05. The van der Waals surface area contributed by atoms with E-state index in [4.69, 9.17) is 5.26 Å². The van der Waals surface area contributed by atoms with Crippen LogP contribution in [0.1, 0.15) is 26.5 Å². The predicted molar refractivity (Wildman–Crippen MR) is 111 cm³/mol. The van der Waals surface area contributed by atoms with Gasteiger partial charge in [-0.05, 0) is 47.2 Å². The van der Waals surface area contributed by atoms with Crippen LogP contribution in [0.2, 0.25) is 0 Å². The third kappa shape index (κ3) is 3.70. The van der Waals surface area contributed by atoms with E-state index in [1.807, 2.05) is 23.6 Å². The molecule has 2 aromatic heterocycles. The number of hydrogen-bond donors (Lipinski definition) is 0. The van der Waals surface area contributed by atoms with Crippen molar-refractivity contribution in [2.75, 3.05) is 4.90 Å². The third-order valence-corrected chi connectivity index (χ3v) is 6.37. The maximum absolute atomic E-state index is 13.2. The van der Waals surface area contributed by atoms with Crippen LogP contribution >= 0.6 is 22.7 Å². The Hall–Kier alpha value is -3.28. The van der Waals surface area contributed by atoms with Gasteiger partial charge in [0.2, 0.25) is 5.91 Å². The van der Waals surface area contributed by atoms with Crippen molar-refractivity contribution in [1.82, 2.24) is 4.90 Å². The predicted octanol–water partition coefficient (Wildman–Crippen LogP) is 3.66. The Balaban J connectivity index is 1.65. The van der Waals surface area contributed by atoms with Gasteiger partial charge in [0.05, 0.1) is 35.2 Å². The minimum atomic E-state index is -0.866. The summed E-state index contributed by atoms with van der Waals surface area (Å²) in [5, 5.41) is 12.7. The molecule has 29 heavy (non-hydrogen) atoms. The van der Waals surface area contributed by atoms with Crippen LogP contribution < -0.4 is 4.90 Å². The van der Waals surface area contributed by atoms with Gasteiger partial charge in [-0.15, -0.1) is 22.7 Å². The summed E-state index contributed by atoms with van der Waals surface area (Å²) in [5.41, 5.74) is 0.845. The zero-order valence-corrected chi connectivity index (χ0v) is 16.8. The Labute approximate surface area is 175 Å². The molecular formula is C21H15N3O3S2. The lowest BCUT2D eigenvalue weighted by Gasteiger charge is -2.26. The molecule has 3 amide bonds. The topological polar surface area (TPSA) is 81.5 Å². The van der Waals surface area contributed by atoms with Crippen LogP contribution in [0.5, 0.6) is 0 Å². The molecule has 0 saturated carbocycles. The fraction of sp³-hybridized carbons (Fsp3) is 0.143. The normalized spacial score (nSPS) is 16.1. The average Bonchev–Trinajstić information content (AvgIpc) is 3.48. The average molecular weight is 422 g/mol. The van der Waals surface area contributed by atoms with Crippen LogP contribution in [0.25, 0.3) is 0 Å². The van der Waals surface area contributed by atoms with Crippen molar-refractivity contribution in [1.29, 1.82) is 5.26 Å². The molecule has 0 bridgehead atoms. The summed E-state index contributed by atoms with van der Waals surface area (Å²) in [6, 6.07) is 14.7. The molecule has 4 rings (SSSR count). The van der Waals surface area contributed by atoms with Crippen molar-refractivity contribution >= 4 is 46.1 Å². The van der Waals surface area contributed by atoms with Crippen LogP contribution in [-0.2, 0) is 16.1 Å². The molecule has 0 radical (unpaired) electrons. The number of nitriles is 1. The first kappa shape index (κ1) is 19.1. The number of benzene rings is 1. The molecule has 1 fully saturated rings. The van der Waals surface area contributed by atoms with Crippen LogP contribution in [0.3, 0.4) is 0 Å². The molecule has 3 aromatic rings. The molecule has 0 spiro atoms. The zero-order chi connectivity index (χ0) is 20.4. The Morgan fingerprint density at radius 2 is 1.83 bits per heavy atom. The van der Waals surface area contributed by atoms with Crippen molar-refractivity contribution in [3.63, 3.8) is 0 Å². The Morgan fingerprint density at radius 3 is 2.45 bits per heavy atom. The first-order valence-electron chi connectivity index (χ1n) is 8.82. The molecule has 1 aromatic carbocycles. The van der Waals surface area contributed by atoms with E-state index in [-0.39, 0.29) is 24.8 Å². The van der Waals surface area contributed by atoms with Gasteiger partial charge in [0, 0.05) is 4.88 Å². The van der Waals surface area contributed by atoms with Gasteiger partial charge in [0.25, 0.3) is 11.8 Å². The summed E-state index contributed by atoms with van der Waals surface area (Å²) < 4.78 is 0. The number of hydrogen-bond acceptors (Lipinski definition) is 6. The number of anilines is 1. The Morgan fingerprint density at radius 1 is 1.10 bits per heavy atom. The van der Waals surface area contributed by atoms with E-state index in [9.17, 15) is 14.4 Å². The van der Waals surface area contributed by atoms with E-state index in [0.717, 1.165) is 9.78 Å². The molecule has 144 valence electrons.